The topological polar surface area (TPSA) is 57.6 Å². The van der Waals surface area contributed by atoms with Crippen LogP contribution in [0.25, 0.3) is 0 Å². The Bertz CT molecular complexity index is 356. The number of aliphatic carboxylic acids is 1. The monoisotopic (exact) mass is 267 g/mol. The average molecular weight is 267 g/mol. The van der Waals surface area contributed by atoms with Crippen LogP contribution in [0.5, 0.6) is 0 Å². The smallest absolute Gasteiger partial charge is 0.306 e. The zero-order chi connectivity index (χ0) is 14.0. The lowest BCUT2D eigenvalue weighted by molar-refractivity contribution is -0.147. The Hall–Kier alpha value is -1.06. The molecule has 19 heavy (non-hydrogen) atoms. The molecule has 0 aromatic carbocycles. The summed E-state index contributed by atoms with van der Waals surface area (Å²) in [6.07, 6.45) is 5.53. The minimum Gasteiger partial charge on any atom is -0.481 e. The van der Waals surface area contributed by atoms with Gasteiger partial charge in [-0.15, -0.1) is 0 Å². The van der Waals surface area contributed by atoms with E-state index in [0.717, 1.165) is 19.3 Å². The molecule has 2 rings (SSSR count). The first-order valence-electron chi connectivity index (χ1n) is 7.41. The Morgan fingerprint density at radius 1 is 1.11 bits per heavy atom. The van der Waals surface area contributed by atoms with Crippen molar-refractivity contribution in [1.29, 1.82) is 0 Å². The number of carbonyl (C=O) groups is 2. The largest absolute Gasteiger partial charge is 0.481 e. The molecular formula is C15H25NO3. The third-order valence-corrected chi connectivity index (χ3v) is 4.71. The van der Waals surface area contributed by atoms with Gasteiger partial charge in [-0.3, -0.25) is 9.59 Å². The van der Waals surface area contributed by atoms with E-state index < -0.39 is 5.97 Å². The number of piperidine rings is 1. The molecule has 1 aliphatic carbocycles. The van der Waals surface area contributed by atoms with Crippen molar-refractivity contribution in [2.24, 2.45) is 17.3 Å². The Kier molecular flexibility index (Phi) is 4.16. The van der Waals surface area contributed by atoms with Gasteiger partial charge >= 0.3 is 5.97 Å². The third-order valence-electron chi connectivity index (χ3n) is 4.71. The lowest BCUT2D eigenvalue weighted by Crippen LogP contribution is -2.44. The van der Waals surface area contributed by atoms with Crippen molar-refractivity contribution >= 4 is 11.9 Å². The molecule has 1 amide bonds. The van der Waals surface area contributed by atoms with Crippen LogP contribution >= 0.6 is 0 Å². The standard InChI is InChI=1S/C15H25NO3/c1-15(2)7-3-4-12(10-15)13(17)16-8-5-11(6-9-16)14(18)19/h11-12H,3-10H2,1-2H3,(H,18,19). The molecular weight excluding hydrogens is 242 g/mol. The normalized spacial score (nSPS) is 28.1. The second-order valence-corrected chi connectivity index (χ2v) is 6.90. The maximum Gasteiger partial charge on any atom is 0.306 e. The van der Waals surface area contributed by atoms with Crippen LogP contribution in [0.15, 0.2) is 0 Å². The number of nitrogens with zero attached hydrogens (tertiary/aromatic N) is 1. The SMILES string of the molecule is CC1(C)CCCC(C(=O)N2CCC(C(=O)O)CC2)C1. The Morgan fingerprint density at radius 2 is 1.74 bits per heavy atom. The van der Waals surface area contributed by atoms with E-state index in [4.69, 9.17) is 5.11 Å². The van der Waals surface area contributed by atoms with Gasteiger partial charge in [0.1, 0.15) is 0 Å². The summed E-state index contributed by atoms with van der Waals surface area (Å²) in [6, 6.07) is 0. The van der Waals surface area contributed by atoms with Gasteiger partial charge in [0.25, 0.3) is 0 Å². The summed E-state index contributed by atoms with van der Waals surface area (Å²) in [6.45, 7) is 5.71. The van der Waals surface area contributed by atoms with Gasteiger partial charge in [0.05, 0.1) is 5.92 Å². The number of hydrogen-bond donors (Lipinski definition) is 1. The number of carboxylic acids is 1. The van der Waals surface area contributed by atoms with Crippen molar-refractivity contribution in [3.63, 3.8) is 0 Å². The predicted molar refractivity (Wildman–Crippen MR) is 72.7 cm³/mol. The Morgan fingerprint density at radius 3 is 2.26 bits per heavy atom. The van der Waals surface area contributed by atoms with Gasteiger partial charge in [0.2, 0.25) is 5.91 Å². The number of rotatable bonds is 2. The summed E-state index contributed by atoms with van der Waals surface area (Å²) in [5.74, 6) is -0.556. The van der Waals surface area contributed by atoms with Crippen molar-refractivity contribution in [3.8, 4) is 0 Å². The summed E-state index contributed by atoms with van der Waals surface area (Å²) in [5.41, 5.74) is 0.276. The number of likely N-dealkylation sites (tertiary alicyclic amines) is 1. The van der Waals surface area contributed by atoms with Crippen LogP contribution < -0.4 is 0 Å². The maximum absolute atomic E-state index is 12.5. The lowest BCUT2D eigenvalue weighted by atomic mass is 9.71. The van der Waals surface area contributed by atoms with Crippen molar-refractivity contribution < 1.29 is 14.7 Å². The van der Waals surface area contributed by atoms with Crippen LogP contribution in [0.2, 0.25) is 0 Å². The Balaban J connectivity index is 1.89. The summed E-state index contributed by atoms with van der Waals surface area (Å²) in [4.78, 5) is 25.3. The minimum atomic E-state index is -0.717. The van der Waals surface area contributed by atoms with E-state index >= 15 is 0 Å². The molecule has 0 aromatic rings. The Labute approximate surface area is 115 Å². The van der Waals surface area contributed by atoms with E-state index in [9.17, 15) is 9.59 Å². The van der Waals surface area contributed by atoms with E-state index in [2.05, 4.69) is 13.8 Å². The summed E-state index contributed by atoms with van der Waals surface area (Å²) >= 11 is 0. The molecule has 1 N–H and O–H groups in total. The van der Waals surface area contributed by atoms with E-state index in [0.29, 0.717) is 25.9 Å². The van der Waals surface area contributed by atoms with Crippen LogP contribution in [0.3, 0.4) is 0 Å². The highest BCUT2D eigenvalue weighted by molar-refractivity contribution is 5.79. The molecule has 1 atom stereocenters. The molecule has 0 spiro atoms. The molecule has 0 radical (unpaired) electrons. The van der Waals surface area contributed by atoms with Gasteiger partial charge in [-0.05, 0) is 37.5 Å². The molecule has 2 fully saturated rings. The van der Waals surface area contributed by atoms with Gasteiger partial charge in [-0.2, -0.15) is 0 Å². The molecule has 108 valence electrons. The molecule has 2 aliphatic rings. The van der Waals surface area contributed by atoms with Crippen molar-refractivity contribution in [3.05, 3.63) is 0 Å². The van der Waals surface area contributed by atoms with Crippen LogP contribution in [-0.2, 0) is 9.59 Å². The highest BCUT2D eigenvalue weighted by atomic mass is 16.4. The molecule has 0 aromatic heterocycles. The number of amides is 1. The minimum absolute atomic E-state index is 0.158. The first-order chi connectivity index (χ1) is 8.89. The molecule has 0 bridgehead atoms. The van der Waals surface area contributed by atoms with E-state index in [1.165, 1.54) is 6.42 Å². The lowest BCUT2D eigenvalue weighted by Gasteiger charge is -2.38. The van der Waals surface area contributed by atoms with E-state index in [1.807, 2.05) is 4.90 Å². The second kappa shape index (κ2) is 5.51. The van der Waals surface area contributed by atoms with Gasteiger partial charge in [0, 0.05) is 19.0 Å². The predicted octanol–water partition coefficient (Wildman–Crippen LogP) is 2.53. The van der Waals surface area contributed by atoms with Crippen LogP contribution in [0.4, 0.5) is 0 Å². The van der Waals surface area contributed by atoms with Gasteiger partial charge in [-0.25, -0.2) is 0 Å². The highest BCUT2D eigenvalue weighted by Gasteiger charge is 2.35. The number of carboxylic acid groups (broad SMARTS) is 1. The fourth-order valence-corrected chi connectivity index (χ4v) is 3.51. The fourth-order valence-electron chi connectivity index (χ4n) is 3.51. The molecule has 1 saturated carbocycles. The van der Waals surface area contributed by atoms with Gasteiger partial charge in [-0.1, -0.05) is 20.3 Å². The fraction of sp³-hybridized carbons (Fsp3) is 0.867. The summed E-state index contributed by atoms with van der Waals surface area (Å²) < 4.78 is 0. The number of hydrogen-bond acceptors (Lipinski definition) is 2. The molecule has 1 heterocycles. The van der Waals surface area contributed by atoms with Crippen LogP contribution in [0, 0.1) is 17.3 Å². The van der Waals surface area contributed by atoms with Gasteiger partial charge in [0.15, 0.2) is 0 Å². The summed E-state index contributed by atoms with van der Waals surface area (Å²) in [5, 5.41) is 8.98. The van der Waals surface area contributed by atoms with Crippen molar-refractivity contribution in [2.45, 2.75) is 52.4 Å². The second-order valence-electron chi connectivity index (χ2n) is 6.90. The third kappa shape index (κ3) is 3.48. The van der Waals surface area contributed by atoms with Crippen LogP contribution in [0.1, 0.15) is 52.4 Å². The average Bonchev–Trinajstić information content (AvgIpc) is 2.37. The summed E-state index contributed by atoms with van der Waals surface area (Å²) in [7, 11) is 0. The first-order valence-corrected chi connectivity index (χ1v) is 7.41. The molecule has 1 aliphatic heterocycles. The molecule has 4 heteroatoms. The molecule has 1 unspecified atom stereocenters. The van der Waals surface area contributed by atoms with Crippen LogP contribution in [-0.4, -0.2) is 35.0 Å². The quantitative estimate of drug-likeness (QED) is 0.836. The van der Waals surface area contributed by atoms with Crippen molar-refractivity contribution in [2.75, 3.05) is 13.1 Å². The maximum atomic E-state index is 12.5. The van der Waals surface area contributed by atoms with E-state index in [1.54, 1.807) is 0 Å². The van der Waals surface area contributed by atoms with Gasteiger partial charge < -0.3 is 10.0 Å². The van der Waals surface area contributed by atoms with Crippen molar-refractivity contribution in [1.82, 2.24) is 4.90 Å². The zero-order valence-electron chi connectivity index (χ0n) is 12.0. The first kappa shape index (κ1) is 14.4. The zero-order valence-corrected chi connectivity index (χ0v) is 12.0. The number of carbonyl (C=O) groups excluding carboxylic acids is 1. The highest BCUT2D eigenvalue weighted by Crippen LogP contribution is 2.39. The van der Waals surface area contributed by atoms with E-state index in [-0.39, 0.29) is 23.2 Å². The molecule has 1 saturated heterocycles. The molecule has 4 nitrogen and oxygen atoms in total.